The average Bonchev–Trinajstić information content (AvgIpc) is 2.58. The summed E-state index contributed by atoms with van der Waals surface area (Å²) in [5, 5.41) is 3.16. The fourth-order valence-corrected chi connectivity index (χ4v) is 2.28. The highest BCUT2D eigenvalue weighted by molar-refractivity contribution is 14.0. The van der Waals surface area contributed by atoms with Crippen molar-refractivity contribution in [1.29, 1.82) is 0 Å². The standard InChI is InChI=1S/C19H33N3O.HI/c1-2-3-4-8-14-21-19(20)22-15-9-10-16-23-17-13-18-11-6-5-7-12-18;/h5-7,11-12H,2-4,8-10,13-17H2,1H3,(H3,20,21,22);1H. The van der Waals surface area contributed by atoms with Gasteiger partial charge < -0.3 is 15.8 Å². The fraction of sp³-hybridized carbons (Fsp3) is 0.632. The monoisotopic (exact) mass is 447 g/mol. The molecule has 0 aliphatic rings. The van der Waals surface area contributed by atoms with E-state index in [1.54, 1.807) is 0 Å². The van der Waals surface area contributed by atoms with Gasteiger partial charge in [0.15, 0.2) is 5.96 Å². The summed E-state index contributed by atoms with van der Waals surface area (Å²) in [6, 6.07) is 10.4. The summed E-state index contributed by atoms with van der Waals surface area (Å²) < 4.78 is 5.66. The van der Waals surface area contributed by atoms with E-state index in [4.69, 9.17) is 10.5 Å². The molecule has 0 amide bonds. The average molecular weight is 447 g/mol. The highest BCUT2D eigenvalue weighted by Gasteiger charge is 1.95. The van der Waals surface area contributed by atoms with Gasteiger partial charge in [-0.15, -0.1) is 24.0 Å². The Labute approximate surface area is 164 Å². The van der Waals surface area contributed by atoms with Crippen LogP contribution in [0.1, 0.15) is 51.0 Å². The van der Waals surface area contributed by atoms with Crippen molar-refractivity contribution in [1.82, 2.24) is 5.32 Å². The number of nitrogens with one attached hydrogen (secondary N) is 1. The SMILES string of the molecule is CCCCCCN=C(N)NCCCCOCCc1ccccc1.I. The Morgan fingerprint density at radius 3 is 2.58 bits per heavy atom. The Kier molecular flexibility index (Phi) is 16.4. The van der Waals surface area contributed by atoms with E-state index < -0.39 is 0 Å². The molecule has 0 saturated carbocycles. The highest BCUT2D eigenvalue weighted by atomic mass is 127. The lowest BCUT2D eigenvalue weighted by atomic mass is 10.2. The van der Waals surface area contributed by atoms with Gasteiger partial charge in [0.25, 0.3) is 0 Å². The predicted octanol–water partition coefficient (Wildman–Crippen LogP) is 4.13. The molecule has 0 fully saturated rings. The molecule has 1 aromatic carbocycles. The third-order valence-electron chi connectivity index (χ3n) is 3.69. The molecule has 1 aromatic rings. The third-order valence-corrected chi connectivity index (χ3v) is 3.69. The maximum absolute atomic E-state index is 5.82. The zero-order valence-electron chi connectivity index (χ0n) is 15.0. The van der Waals surface area contributed by atoms with E-state index in [9.17, 15) is 0 Å². The van der Waals surface area contributed by atoms with Crippen LogP contribution in [0.4, 0.5) is 0 Å². The van der Waals surface area contributed by atoms with Crippen molar-refractivity contribution >= 4 is 29.9 Å². The molecule has 3 N–H and O–H groups in total. The maximum atomic E-state index is 5.82. The zero-order valence-corrected chi connectivity index (χ0v) is 17.3. The first-order valence-corrected chi connectivity index (χ1v) is 8.98. The molecule has 0 aliphatic carbocycles. The summed E-state index contributed by atoms with van der Waals surface area (Å²) in [6.07, 6.45) is 8.00. The predicted molar refractivity (Wildman–Crippen MR) is 114 cm³/mol. The number of ether oxygens (including phenoxy) is 1. The van der Waals surface area contributed by atoms with Crippen LogP contribution in [-0.4, -0.2) is 32.3 Å². The van der Waals surface area contributed by atoms with Crippen LogP contribution in [0.2, 0.25) is 0 Å². The van der Waals surface area contributed by atoms with Crippen molar-refractivity contribution in [3.63, 3.8) is 0 Å². The van der Waals surface area contributed by atoms with Crippen LogP contribution in [0.15, 0.2) is 35.3 Å². The minimum atomic E-state index is 0. The summed E-state index contributed by atoms with van der Waals surface area (Å²) >= 11 is 0. The molecule has 0 radical (unpaired) electrons. The van der Waals surface area contributed by atoms with Gasteiger partial charge in [-0.1, -0.05) is 56.5 Å². The fourth-order valence-electron chi connectivity index (χ4n) is 2.28. The summed E-state index contributed by atoms with van der Waals surface area (Å²) in [7, 11) is 0. The molecule has 1 rings (SSSR count). The minimum absolute atomic E-state index is 0. The van der Waals surface area contributed by atoms with Gasteiger partial charge in [-0.05, 0) is 31.2 Å². The number of halogens is 1. The van der Waals surface area contributed by atoms with Crippen LogP contribution in [0, 0.1) is 0 Å². The number of unbranched alkanes of at least 4 members (excludes halogenated alkanes) is 4. The van der Waals surface area contributed by atoms with Gasteiger partial charge in [-0.3, -0.25) is 4.99 Å². The second-order valence-electron chi connectivity index (χ2n) is 5.81. The Bertz CT molecular complexity index is 412. The van der Waals surface area contributed by atoms with Crippen molar-refractivity contribution in [2.45, 2.75) is 51.9 Å². The Balaban J connectivity index is 0.00000529. The molecule has 0 aliphatic heterocycles. The van der Waals surface area contributed by atoms with Gasteiger partial charge in [0.2, 0.25) is 0 Å². The van der Waals surface area contributed by atoms with Gasteiger partial charge in [0.05, 0.1) is 6.61 Å². The number of hydrogen-bond donors (Lipinski definition) is 2. The maximum Gasteiger partial charge on any atom is 0.188 e. The molecule has 0 saturated heterocycles. The van der Waals surface area contributed by atoms with E-state index in [0.717, 1.165) is 52.0 Å². The number of aliphatic imine (C=N–C) groups is 1. The second kappa shape index (κ2) is 17.0. The van der Waals surface area contributed by atoms with Crippen molar-refractivity contribution < 1.29 is 4.74 Å². The third kappa shape index (κ3) is 13.6. The molecule has 5 heteroatoms. The Hall–Kier alpha value is -0.820. The molecule has 0 heterocycles. The molecule has 0 spiro atoms. The topological polar surface area (TPSA) is 59.6 Å². The first kappa shape index (κ1) is 23.2. The summed E-state index contributed by atoms with van der Waals surface area (Å²) in [5.74, 6) is 0.575. The highest BCUT2D eigenvalue weighted by Crippen LogP contribution is 2.00. The second-order valence-corrected chi connectivity index (χ2v) is 5.81. The molecule has 138 valence electrons. The van der Waals surface area contributed by atoms with Crippen molar-refractivity contribution in [3.05, 3.63) is 35.9 Å². The van der Waals surface area contributed by atoms with Crippen LogP contribution in [0.5, 0.6) is 0 Å². The molecular weight excluding hydrogens is 413 g/mol. The van der Waals surface area contributed by atoms with E-state index in [1.165, 1.54) is 24.8 Å². The van der Waals surface area contributed by atoms with Crippen LogP contribution in [0.3, 0.4) is 0 Å². The molecular formula is C19H34IN3O. The molecule has 0 unspecified atom stereocenters. The summed E-state index contributed by atoms with van der Waals surface area (Å²) in [6.45, 7) is 5.51. The lowest BCUT2D eigenvalue weighted by Gasteiger charge is -2.07. The van der Waals surface area contributed by atoms with E-state index in [1.807, 2.05) is 6.07 Å². The first-order chi connectivity index (χ1) is 11.3. The Morgan fingerprint density at radius 1 is 1.04 bits per heavy atom. The summed E-state index contributed by atoms with van der Waals surface area (Å²) in [5.41, 5.74) is 7.15. The molecule has 24 heavy (non-hydrogen) atoms. The van der Waals surface area contributed by atoms with Gasteiger partial charge in [-0.2, -0.15) is 0 Å². The van der Waals surface area contributed by atoms with Crippen LogP contribution >= 0.6 is 24.0 Å². The van der Waals surface area contributed by atoms with Crippen molar-refractivity contribution in [3.8, 4) is 0 Å². The van der Waals surface area contributed by atoms with Gasteiger partial charge in [0.1, 0.15) is 0 Å². The van der Waals surface area contributed by atoms with Crippen LogP contribution in [0.25, 0.3) is 0 Å². The van der Waals surface area contributed by atoms with E-state index in [-0.39, 0.29) is 24.0 Å². The van der Waals surface area contributed by atoms with E-state index in [0.29, 0.717) is 5.96 Å². The lowest BCUT2D eigenvalue weighted by molar-refractivity contribution is 0.133. The summed E-state index contributed by atoms with van der Waals surface area (Å²) in [4.78, 5) is 4.33. The van der Waals surface area contributed by atoms with E-state index in [2.05, 4.69) is 41.5 Å². The van der Waals surface area contributed by atoms with Crippen molar-refractivity contribution in [2.75, 3.05) is 26.3 Å². The van der Waals surface area contributed by atoms with Gasteiger partial charge in [0, 0.05) is 19.7 Å². The number of hydrogen-bond acceptors (Lipinski definition) is 2. The minimum Gasteiger partial charge on any atom is -0.381 e. The quantitative estimate of drug-likeness (QED) is 0.207. The number of guanidine groups is 1. The number of nitrogens with two attached hydrogens (primary N) is 1. The molecule has 0 atom stereocenters. The Morgan fingerprint density at radius 2 is 1.83 bits per heavy atom. The normalized spacial score (nSPS) is 11.1. The molecule has 4 nitrogen and oxygen atoms in total. The van der Waals surface area contributed by atoms with Crippen LogP contribution < -0.4 is 11.1 Å². The first-order valence-electron chi connectivity index (χ1n) is 8.98. The van der Waals surface area contributed by atoms with Gasteiger partial charge in [-0.25, -0.2) is 0 Å². The number of rotatable bonds is 13. The number of nitrogens with zero attached hydrogens (tertiary/aromatic N) is 1. The molecule has 0 bridgehead atoms. The number of benzene rings is 1. The largest absolute Gasteiger partial charge is 0.381 e. The van der Waals surface area contributed by atoms with Gasteiger partial charge >= 0.3 is 0 Å². The lowest BCUT2D eigenvalue weighted by Crippen LogP contribution is -2.32. The van der Waals surface area contributed by atoms with Crippen LogP contribution in [-0.2, 0) is 11.2 Å². The smallest absolute Gasteiger partial charge is 0.188 e. The molecule has 0 aromatic heterocycles. The zero-order chi connectivity index (χ0) is 16.6. The van der Waals surface area contributed by atoms with E-state index >= 15 is 0 Å². The van der Waals surface area contributed by atoms with Crippen molar-refractivity contribution in [2.24, 2.45) is 10.7 Å².